The maximum Gasteiger partial charge on any atom is 0.433 e. The van der Waals surface area contributed by atoms with Crippen LogP contribution in [0.1, 0.15) is 12.6 Å². The summed E-state index contributed by atoms with van der Waals surface area (Å²) in [5, 5.41) is 0.779. The van der Waals surface area contributed by atoms with E-state index in [1.54, 1.807) is 31.3 Å². The smallest absolute Gasteiger partial charge is 0.433 e. The highest BCUT2D eigenvalue weighted by molar-refractivity contribution is 7.13. The van der Waals surface area contributed by atoms with Crippen molar-refractivity contribution in [3.63, 3.8) is 0 Å². The minimum absolute atomic E-state index is 0.0794. The molecule has 0 amide bonds. The largest absolute Gasteiger partial charge is 0.465 e. The summed E-state index contributed by atoms with van der Waals surface area (Å²) in [6.07, 6.45) is -3.10. The van der Waals surface area contributed by atoms with Gasteiger partial charge in [-0.05, 0) is 36.7 Å². The van der Waals surface area contributed by atoms with E-state index in [2.05, 4.69) is 9.36 Å². The molecule has 3 aromatic rings. The summed E-state index contributed by atoms with van der Waals surface area (Å²) >= 11 is 1.28. The van der Waals surface area contributed by atoms with Crippen LogP contribution >= 0.6 is 11.5 Å². The van der Waals surface area contributed by atoms with Gasteiger partial charge in [-0.15, -0.1) is 0 Å². The summed E-state index contributed by atoms with van der Waals surface area (Å²) in [5.41, 5.74) is -1.77. The third kappa shape index (κ3) is 2.91. The Balaban J connectivity index is 2.22. The standard InChI is InChI=1S/C14H10F3N3O2S/c1-2-22-13-19-11(14(15,16)17)6-12(21)20(13)9-3-4-10-8(5-9)7-18-23-10/h3-7H,2H2,1H3. The van der Waals surface area contributed by atoms with Gasteiger partial charge in [-0.25, -0.2) is 4.57 Å². The minimum Gasteiger partial charge on any atom is -0.465 e. The van der Waals surface area contributed by atoms with Gasteiger partial charge in [0.05, 0.1) is 17.0 Å². The molecule has 0 spiro atoms. The van der Waals surface area contributed by atoms with Crippen LogP contribution in [0.4, 0.5) is 13.2 Å². The predicted molar refractivity (Wildman–Crippen MR) is 79.2 cm³/mol. The molecule has 3 rings (SSSR count). The van der Waals surface area contributed by atoms with Crippen molar-refractivity contribution >= 4 is 21.6 Å². The maximum atomic E-state index is 12.8. The third-order valence-corrected chi connectivity index (χ3v) is 3.83. The first-order valence-electron chi connectivity index (χ1n) is 6.59. The molecular formula is C14H10F3N3O2S. The topological polar surface area (TPSA) is 57.0 Å². The van der Waals surface area contributed by atoms with E-state index in [0.29, 0.717) is 11.8 Å². The Hall–Kier alpha value is -2.42. The average molecular weight is 341 g/mol. The minimum atomic E-state index is -4.72. The molecule has 9 heteroatoms. The van der Waals surface area contributed by atoms with E-state index >= 15 is 0 Å². The van der Waals surface area contributed by atoms with E-state index in [0.717, 1.165) is 14.7 Å². The van der Waals surface area contributed by atoms with E-state index in [-0.39, 0.29) is 6.61 Å². The Morgan fingerprint density at radius 3 is 2.78 bits per heavy atom. The normalized spacial score (nSPS) is 11.8. The van der Waals surface area contributed by atoms with Crippen molar-refractivity contribution in [2.75, 3.05) is 6.61 Å². The highest BCUT2D eigenvalue weighted by Crippen LogP contribution is 2.29. The lowest BCUT2D eigenvalue weighted by atomic mass is 10.2. The molecule has 0 aliphatic rings. The van der Waals surface area contributed by atoms with Gasteiger partial charge in [-0.3, -0.25) is 4.79 Å². The SMILES string of the molecule is CCOc1nc(C(F)(F)F)cc(=O)n1-c1ccc2sncc2c1. The van der Waals surface area contributed by atoms with E-state index < -0.39 is 23.4 Å². The van der Waals surface area contributed by atoms with Gasteiger partial charge in [0.25, 0.3) is 5.56 Å². The van der Waals surface area contributed by atoms with Crippen LogP contribution in [0.2, 0.25) is 0 Å². The molecule has 2 aromatic heterocycles. The molecule has 0 fully saturated rings. The van der Waals surface area contributed by atoms with Crippen LogP contribution in [0.25, 0.3) is 15.8 Å². The fraction of sp³-hybridized carbons (Fsp3) is 0.214. The molecule has 1 aromatic carbocycles. The molecule has 0 N–H and O–H groups in total. The summed E-state index contributed by atoms with van der Waals surface area (Å²) in [4.78, 5) is 15.6. The van der Waals surface area contributed by atoms with Crippen molar-refractivity contribution in [1.82, 2.24) is 13.9 Å². The van der Waals surface area contributed by atoms with Crippen LogP contribution in [0.5, 0.6) is 6.01 Å². The van der Waals surface area contributed by atoms with Crippen molar-refractivity contribution in [1.29, 1.82) is 0 Å². The molecule has 2 heterocycles. The summed E-state index contributed by atoms with van der Waals surface area (Å²) < 4.78 is 49.5. The number of alkyl halides is 3. The van der Waals surface area contributed by atoms with Gasteiger partial charge in [0, 0.05) is 17.6 Å². The molecule has 5 nitrogen and oxygen atoms in total. The lowest BCUT2D eigenvalue weighted by Gasteiger charge is -2.14. The van der Waals surface area contributed by atoms with Crippen molar-refractivity contribution in [2.24, 2.45) is 0 Å². The molecule has 0 saturated heterocycles. The molecule has 23 heavy (non-hydrogen) atoms. The van der Waals surface area contributed by atoms with Crippen molar-refractivity contribution in [2.45, 2.75) is 13.1 Å². The highest BCUT2D eigenvalue weighted by atomic mass is 32.1. The number of benzene rings is 1. The van der Waals surface area contributed by atoms with Crippen molar-refractivity contribution in [3.05, 3.63) is 46.5 Å². The molecule has 0 radical (unpaired) electrons. The molecule has 0 aliphatic heterocycles. The van der Waals surface area contributed by atoms with Crippen molar-refractivity contribution in [3.8, 4) is 11.7 Å². The molecule has 0 aliphatic carbocycles. The summed E-state index contributed by atoms with van der Waals surface area (Å²) in [6, 6.07) is 5.06. The molecular weight excluding hydrogens is 331 g/mol. The maximum absolute atomic E-state index is 12.8. The number of fused-ring (bicyclic) bond motifs is 1. The Bertz CT molecular complexity index is 918. The quantitative estimate of drug-likeness (QED) is 0.734. The number of ether oxygens (including phenoxy) is 1. The second-order valence-electron chi connectivity index (χ2n) is 4.58. The van der Waals surface area contributed by atoms with Gasteiger partial charge in [0.2, 0.25) is 0 Å². The third-order valence-electron chi connectivity index (χ3n) is 3.05. The molecule has 0 bridgehead atoms. The number of hydrogen-bond acceptors (Lipinski definition) is 5. The van der Waals surface area contributed by atoms with Gasteiger partial charge in [0.15, 0.2) is 5.69 Å². The summed E-state index contributed by atoms with van der Waals surface area (Å²) in [5.74, 6) is 0. The first-order valence-corrected chi connectivity index (χ1v) is 7.36. The van der Waals surface area contributed by atoms with Crippen LogP contribution in [0.3, 0.4) is 0 Å². The number of halogens is 3. The van der Waals surface area contributed by atoms with Gasteiger partial charge < -0.3 is 4.74 Å². The lowest BCUT2D eigenvalue weighted by Crippen LogP contribution is -2.25. The molecule has 0 saturated carbocycles. The van der Waals surface area contributed by atoms with E-state index in [9.17, 15) is 18.0 Å². The van der Waals surface area contributed by atoms with Gasteiger partial charge in [-0.2, -0.15) is 22.5 Å². The Labute approximate surface area is 132 Å². The van der Waals surface area contributed by atoms with E-state index in [4.69, 9.17) is 4.74 Å². The van der Waals surface area contributed by atoms with Gasteiger partial charge in [0.1, 0.15) is 0 Å². The highest BCUT2D eigenvalue weighted by Gasteiger charge is 2.34. The lowest BCUT2D eigenvalue weighted by molar-refractivity contribution is -0.141. The summed E-state index contributed by atoms with van der Waals surface area (Å²) in [7, 11) is 0. The van der Waals surface area contributed by atoms with Crippen LogP contribution in [0, 0.1) is 0 Å². The number of aromatic nitrogens is 3. The fourth-order valence-corrected chi connectivity index (χ4v) is 2.69. The Morgan fingerprint density at radius 1 is 1.30 bits per heavy atom. The van der Waals surface area contributed by atoms with E-state index in [1.807, 2.05) is 0 Å². The first-order chi connectivity index (χ1) is 10.9. The predicted octanol–water partition coefficient (Wildman–Crippen LogP) is 3.26. The Kier molecular flexibility index (Phi) is 3.80. The molecule has 0 atom stereocenters. The van der Waals surface area contributed by atoms with E-state index in [1.165, 1.54) is 11.5 Å². The van der Waals surface area contributed by atoms with Crippen LogP contribution in [0.15, 0.2) is 35.3 Å². The second kappa shape index (κ2) is 5.65. The van der Waals surface area contributed by atoms with Crippen LogP contribution < -0.4 is 10.3 Å². The average Bonchev–Trinajstić information content (AvgIpc) is 2.93. The zero-order valence-corrected chi connectivity index (χ0v) is 12.6. The Morgan fingerprint density at radius 2 is 2.09 bits per heavy atom. The fourth-order valence-electron chi connectivity index (χ4n) is 2.07. The molecule has 120 valence electrons. The first kappa shape index (κ1) is 15.5. The zero-order valence-electron chi connectivity index (χ0n) is 11.8. The number of rotatable bonds is 3. The van der Waals surface area contributed by atoms with Crippen LogP contribution in [-0.4, -0.2) is 20.5 Å². The van der Waals surface area contributed by atoms with Gasteiger partial charge >= 0.3 is 12.2 Å². The van der Waals surface area contributed by atoms with Gasteiger partial charge in [-0.1, -0.05) is 0 Å². The number of nitrogens with zero attached hydrogens (tertiary/aromatic N) is 3. The summed E-state index contributed by atoms with van der Waals surface area (Å²) in [6.45, 7) is 1.68. The second-order valence-corrected chi connectivity index (χ2v) is 5.41. The van der Waals surface area contributed by atoms with Crippen LogP contribution in [-0.2, 0) is 6.18 Å². The molecule has 0 unspecified atom stereocenters. The van der Waals surface area contributed by atoms with Crippen molar-refractivity contribution < 1.29 is 17.9 Å². The zero-order chi connectivity index (χ0) is 16.6. The number of hydrogen-bond donors (Lipinski definition) is 0. The monoisotopic (exact) mass is 341 g/mol.